The van der Waals surface area contributed by atoms with E-state index in [-0.39, 0.29) is 49.3 Å². The van der Waals surface area contributed by atoms with Crippen molar-refractivity contribution in [2.45, 2.75) is 167 Å². The van der Waals surface area contributed by atoms with Gasteiger partial charge in [0.1, 0.15) is 5.41 Å². The van der Waals surface area contributed by atoms with E-state index < -0.39 is 11.6 Å². The second-order valence-electron chi connectivity index (χ2n) is 22.1. The van der Waals surface area contributed by atoms with Crippen molar-refractivity contribution < 1.29 is 45.9 Å². The maximum absolute atomic E-state index is 13.7. The summed E-state index contributed by atoms with van der Waals surface area (Å²) in [6.45, 7) is 34.1. The van der Waals surface area contributed by atoms with Crippen molar-refractivity contribution in [3.8, 4) is 11.1 Å². The Morgan fingerprint density at radius 3 is 0.867 bits per heavy atom. The summed E-state index contributed by atoms with van der Waals surface area (Å²) in [5.41, 5.74) is 14.2. The Bertz CT molecular complexity index is 3070. The SMILES string of the molecule is CC.CC.CC.CC.CC1(C)CCCCC1.Cc1ccc(C(C)(c2ccc(C)cc2)C(F)(F)F)cc1.Cc1ccc(C)cc1.Cc1cccc(C)c1.[Y].[c-]1ccccc1.[c-]1ccccc1.c1ccc(C2(c3ccccc3)c3ccccc3-c3ccccc32)cc1. The first-order chi connectivity index (χ1) is 43.0. The molecule has 90 heavy (non-hydrogen) atoms. The van der Waals surface area contributed by atoms with Crippen LogP contribution < -0.4 is 0 Å². The average Bonchev–Trinajstić information content (AvgIpc) is 1.52. The minimum absolute atomic E-state index is 0. The van der Waals surface area contributed by atoms with Gasteiger partial charge in [-0.15, -0.1) is 0 Å². The van der Waals surface area contributed by atoms with Crippen LogP contribution in [0.1, 0.15) is 175 Å². The molecule has 0 aliphatic heterocycles. The molecular formula is C86H105F3Y-2. The Hall–Kier alpha value is -6.91. The second kappa shape index (κ2) is 44.5. The van der Waals surface area contributed by atoms with Gasteiger partial charge in [-0.3, -0.25) is 0 Å². The molecule has 1 radical (unpaired) electrons. The summed E-state index contributed by atoms with van der Waals surface area (Å²) in [4.78, 5) is 0. The molecule has 10 aromatic rings. The molecule has 2 aliphatic carbocycles. The average molecular weight is 1280 g/mol. The molecule has 0 amide bonds. The molecule has 4 heteroatoms. The standard InChI is InChI=1S/C25H18.C17H17F3.2C8H10.C8H16.2C6H5.4C2H6.Y/c1-3-11-19(12-4-1)25(20-13-5-2-6-14-20)23-17-9-7-15-21(23)22-16-8-10-18-24(22)25;1-12-4-8-14(9-5-12)16(3,17(18,19)20)15-10-6-13(2)7-11-15;1-7-3-5-8(2)6-4-7;1-7-4-3-5-8(2)6-7;1-8(2)6-4-3-5-7-8;2*1-2-4-6-5-3-1;4*1-2;/h1-18H;4-11H,1-3H3;2*3-6H,1-2H3;3-7H2,1-2H3;2*1-5H;4*1-2H3;/q;;;;;2*-1;;;;;. The molecule has 475 valence electrons. The topological polar surface area (TPSA) is 0 Å². The van der Waals surface area contributed by atoms with Gasteiger partial charge in [-0.1, -0.05) is 328 Å². The van der Waals surface area contributed by atoms with Gasteiger partial charge in [-0.2, -0.15) is 86.0 Å². The summed E-state index contributed by atoms with van der Waals surface area (Å²) < 4.78 is 41.0. The first-order valence-corrected chi connectivity index (χ1v) is 32.4. The predicted molar refractivity (Wildman–Crippen MR) is 383 cm³/mol. The molecule has 10 aromatic carbocycles. The molecule has 0 N–H and O–H groups in total. The van der Waals surface area contributed by atoms with Crippen LogP contribution in [0.4, 0.5) is 13.2 Å². The van der Waals surface area contributed by atoms with Crippen LogP contribution in [0.15, 0.2) is 267 Å². The summed E-state index contributed by atoms with van der Waals surface area (Å²) in [7, 11) is 0. The van der Waals surface area contributed by atoms with E-state index in [1.54, 1.807) is 48.5 Å². The number of fused-ring (bicyclic) bond motifs is 3. The van der Waals surface area contributed by atoms with E-state index in [1.807, 2.05) is 130 Å². The monoisotopic (exact) mass is 1280 g/mol. The van der Waals surface area contributed by atoms with Crippen LogP contribution in [0.2, 0.25) is 0 Å². The Morgan fingerprint density at radius 1 is 0.333 bits per heavy atom. The zero-order chi connectivity index (χ0) is 66.1. The normalized spacial score (nSPS) is 12.1. The molecule has 0 heterocycles. The number of alkyl halides is 3. The van der Waals surface area contributed by atoms with Crippen LogP contribution in [0.3, 0.4) is 0 Å². The van der Waals surface area contributed by atoms with E-state index in [2.05, 4.69) is 211 Å². The molecule has 0 atom stereocenters. The van der Waals surface area contributed by atoms with Gasteiger partial charge >= 0.3 is 6.18 Å². The van der Waals surface area contributed by atoms with Crippen LogP contribution in [-0.4, -0.2) is 6.18 Å². The van der Waals surface area contributed by atoms with Crippen molar-refractivity contribution in [1.29, 1.82) is 0 Å². The van der Waals surface area contributed by atoms with Crippen molar-refractivity contribution in [3.05, 3.63) is 346 Å². The number of halogens is 3. The minimum atomic E-state index is -4.35. The zero-order valence-electron chi connectivity index (χ0n) is 57.7. The Balaban J connectivity index is 0.000000552. The van der Waals surface area contributed by atoms with E-state index >= 15 is 0 Å². The number of rotatable bonds is 4. The van der Waals surface area contributed by atoms with Crippen LogP contribution in [0, 0.1) is 59.1 Å². The predicted octanol–water partition coefficient (Wildman–Crippen LogP) is 25.9. The van der Waals surface area contributed by atoms with Gasteiger partial charge < -0.3 is 0 Å². The molecule has 0 spiro atoms. The fourth-order valence-corrected chi connectivity index (χ4v) is 10.3. The van der Waals surface area contributed by atoms with Crippen LogP contribution >= 0.6 is 0 Å². The number of hydrogen-bond acceptors (Lipinski definition) is 0. The van der Waals surface area contributed by atoms with Crippen LogP contribution in [0.25, 0.3) is 11.1 Å². The van der Waals surface area contributed by atoms with Crippen molar-refractivity contribution in [2.24, 2.45) is 5.41 Å². The van der Waals surface area contributed by atoms with Gasteiger partial charge in [-0.25, -0.2) is 0 Å². The third kappa shape index (κ3) is 25.8. The first-order valence-electron chi connectivity index (χ1n) is 32.4. The van der Waals surface area contributed by atoms with Crippen molar-refractivity contribution in [2.75, 3.05) is 0 Å². The maximum Gasteiger partial charge on any atom is 0.402 e. The van der Waals surface area contributed by atoms with E-state index in [1.165, 1.54) is 94.7 Å². The van der Waals surface area contributed by atoms with Crippen molar-refractivity contribution in [1.82, 2.24) is 0 Å². The third-order valence-corrected chi connectivity index (χ3v) is 15.0. The van der Waals surface area contributed by atoms with Gasteiger partial charge in [0.25, 0.3) is 0 Å². The Labute approximate surface area is 570 Å². The van der Waals surface area contributed by atoms with Crippen molar-refractivity contribution in [3.63, 3.8) is 0 Å². The van der Waals surface area contributed by atoms with E-state index in [4.69, 9.17) is 0 Å². The Kier molecular flexibility index (Phi) is 40.1. The number of aryl methyl sites for hydroxylation is 6. The molecule has 0 bridgehead atoms. The fourth-order valence-electron chi connectivity index (χ4n) is 10.3. The zero-order valence-corrected chi connectivity index (χ0v) is 60.5. The van der Waals surface area contributed by atoms with E-state index in [0.29, 0.717) is 5.41 Å². The molecule has 12 rings (SSSR count). The largest absolute Gasteiger partial charge is 0.402 e. The quantitative estimate of drug-likeness (QED) is 0.154. The van der Waals surface area contributed by atoms with Crippen LogP contribution in [0.5, 0.6) is 0 Å². The van der Waals surface area contributed by atoms with Gasteiger partial charge in [0.05, 0.1) is 5.41 Å². The minimum Gasteiger partial charge on any atom is -0.184 e. The van der Waals surface area contributed by atoms with Crippen molar-refractivity contribution >= 4 is 0 Å². The molecule has 0 nitrogen and oxygen atoms in total. The summed E-state index contributed by atoms with van der Waals surface area (Å²) >= 11 is 0. The number of benzene rings is 10. The van der Waals surface area contributed by atoms with Gasteiger partial charge in [0.2, 0.25) is 0 Å². The first kappa shape index (κ1) is 81.1. The van der Waals surface area contributed by atoms with Gasteiger partial charge in [-0.05, 0) is 111 Å². The molecule has 0 aromatic heterocycles. The molecule has 1 fully saturated rings. The summed E-state index contributed by atoms with van der Waals surface area (Å²) in [6, 6.07) is 94.5. The van der Waals surface area contributed by atoms with Gasteiger partial charge in [0.15, 0.2) is 0 Å². The molecule has 2 aliphatic rings. The molecule has 0 unspecified atom stereocenters. The molecular weight excluding hydrogens is 1180 g/mol. The maximum atomic E-state index is 13.7. The summed E-state index contributed by atoms with van der Waals surface area (Å²) in [5, 5.41) is 0. The number of hydrogen-bond donors (Lipinski definition) is 0. The molecule has 0 saturated heterocycles. The summed E-state index contributed by atoms with van der Waals surface area (Å²) in [6.07, 6.45) is 2.96. The van der Waals surface area contributed by atoms with Crippen LogP contribution in [-0.2, 0) is 43.5 Å². The third-order valence-electron chi connectivity index (χ3n) is 15.0. The smallest absolute Gasteiger partial charge is 0.184 e. The fraction of sp³-hybridized carbons (Fsp3) is 0.302. The Morgan fingerprint density at radius 2 is 0.622 bits per heavy atom. The second-order valence-corrected chi connectivity index (χ2v) is 22.1. The van der Waals surface area contributed by atoms with E-state index in [9.17, 15) is 13.2 Å². The van der Waals surface area contributed by atoms with Gasteiger partial charge in [0, 0.05) is 32.7 Å². The summed E-state index contributed by atoms with van der Waals surface area (Å²) in [5.74, 6) is 0. The molecule has 1 saturated carbocycles. The van der Waals surface area contributed by atoms with E-state index in [0.717, 1.165) is 11.1 Å².